The third kappa shape index (κ3) is 5.70. The molecule has 2 aromatic rings. The highest BCUT2D eigenvalue weighted by Crippen LogP contribution is 2.21. The fourth-order valence-corrected chi connectivity index (χ4v) is 2.63. The second-order valence-electron chi connectivity index (χ2n) is 5.90. The average molecular weight is 375 g/mol. The summed E-state index contributed by atoms with van der Waals surface area (Å²) in [7, 11) is 2.87. The van der Waals surface area contributed by atoms with E-state index in [0.29, 0.717) is 25.1 Å². The molecule has 0 aliphatic heterocycles. The lowest BCUT2D eigenvalue weighted by Gasteiger charge is -2.10. The van der Waals surface area contributed by atoms with E-state index >= 15 is 0 Å². The number of carbonyl (C=O) groups is 2. The number of carboxylic acid groups (broad SMARTS) is 1. The summed E-state index contributed by atoms with van der Waals surface area (Å²) in [6.45, 7) is 0.387. The molecule has 0 atom stereocenters. The lowest BCUT2D eigenvalue weighted by Crippen LogP contribution is -2.26. The molecule has 1 amide bonds. The van der Waals surface area contributed by atoms with Gasteiger partial charge in [-0.25, -0.2) is 9.18 Å². The Hall–Kier alpha value is -3.09. The van der Waals surface area contributed by atoms with Gasteiger partial charge in [0, 0.05) is 13.0 Å². The van der Waals surface area contributed by atoms with Crippen molar-refractivity contribution in [2.24, 2.45) is 0 Å². The van der Waals surface area contributed by atoms with E-state index in [9.17, 15) is 14.0 Å². The van der Waals surface area contributed by atoms with Crippen molar-refractivity contribution in [3.8, 4) is 11.5 Å². The van der Waals surface area contributed by atoms with Crippen LogP contribution in [-0.2, 0) is 17.6 Å². The number of ether oxygens (including phenoxy) is 2. The number of aryl methyl sites for hydroxylation is 1. The van der Waals surface area contributed by atoms with Crippen LogP contribution < -0.4 is 14.8 Å². The van der Waals surface area contributed by atoms with E-state index in [2.05, 4.69) is 5.32 Å². The number of methoxy groups -OCH3 is 2. The fourth-order valence-electron chi connectivity index (χ4n) is 2.63. The number of carbonyl (C=O) groups excluding carboxylic acids is 1. The van der Waals surface area contributed by atoms with Crippen molar-refractivity contribution in [3.63, 3.8) is 0 Å². The predicted octanol–water partition coefficient (Wildman–Crippen LogP) is 2.83. The van der Waals surface area contributed by atoms with Crippen molar-refractivity contribution < 1.29 is 28.6 Å². The standard InChI is InChI=1S/C20H22FNO5/c1-26-17-7-3-13(11-16(17)21)4-8-19(23)22-10-9-14-5-6-15(20(24)25)12-18(14)27-2/h3,5-7,11-12H,4,8-10H2,1-2H3,(H,22,23)(H,24,25). The van der Waals surface area contributed by atoms with Crippen molar-refractivity contribution in [1.29, 1.82) is 0 Å². The molecule has 27 heavy (non-hydrogen) atoms. The summed E-state index contributed by atoms with van der Waals surface area (Å²) in [5.41, 5.74) is 1.67. The molecule has 0 unspecified atom stereocenters. The van der Waals surface area contributed by atoms with Gasteiger partial charge in [0.15, 0.2) is 11.6 Å². The Morgan fingerprint density at radius 2 is 1.78 bits per heavy atom. The van der Waals surface area contributed by atoms with Crippen molar-refractivity contribution >= 4 is 11.9 Å². The highest BCUT2D eigenvalue weighted by molar-refractivity contribution is 5.88. The lowest BCUT2D eigenvalue weighted by molar-refractivity contribution is -0.121. The van der Waals surface area contributed by atoms with Crippen molar-refractivity contribution in [3.05, 3.63) is 58.9 Å². The molecule has 144 valence electrons. The summed E-state index contributed by atoms with van der Waals surface area (Å²) < 4.78 is 23.7. The summed E-state index contributed by atoms with van der Waals surface area (Å²) >= 11 is 0. The topological polar surface area (TPSA) is 84.9 Å². The third-order valence-corrected chi connectivity index (χ3v) is 4.11. The molecule has 0 bridgehead atoms. The molecule has 0 saturated heterocycles. The molecule has 0 saturated carbocycles. The van der Waals surface area contributed by atoms with Gasteiger partial charge >= 0.3 is 5.97 Å². The number of hydrogen-bond acceptors (Lipinski definition) is 4. The summed E-state index contributed by atoms with van der Waals surface area (Å²) in [5, 5.41) is 11.8. The Balaban J connectivity index is 1.82. The van der Waals surface area contributed by atoms with E-state index < -0.39 is 11.8 Å². The normalized spacial score (nSPS) is 10.3. The number of rotatable bonds is 9. The van der Waals surface area contributed by atoms with Gasteiger partial charge in [0.25, 0.3) is 0 Å². The lowest BCUT2D eigenvalue weighted by atomic mass is 10.1. The summed E-state index contributed by atoms with van der Waals surface area (Å²) in [6, 6.07) is 9.26. The van der Waals surface area contributed by atoms with E-state index in [1.165, 1.54) is 38.5 Å². The fraction of sp³-hybridized carbons (Fsp3) is 0.300. The second kappa shape index (κ2) is 9.56. The Bertz CT molecular complexity index is 822. The quantitative estimate of drug-likeness (QED) is 0.704. The molecular weight excluding hydrogens is 353 g/mol. The van der Waals surface area contributed by atoms with Crippen molar-refractivity contribution in [2.75, 3.05) is 20.8 Å². The van der Waals surface area contributed by atoms with E-state index in [4.69, 9.17) is 14.6 Å². The van der Waals surface area contributed by atoms with Crippen LogP contribution in [0.4, 0.5) is 4.39 Å². The zero-order valence-electron chi connectivity index (χ0n) is 15.3. The number of halogens is 1. The van der Waals surface area contributed by atoms with Crippen LogP contribution in [0.3, 0.4) is 0 Å². The predicted molar refractivity (Wildman–Crippen MR) is 97.9 cm³/mol. The maximum Gasteiger partial charge on any atom is 0.335 e. The third-order valence-electron chi connectivity index (χ3n) is 4.11. The van der Waals surface area contributed by atoms with E-state index in [1.807, 2.05) is 0 Å². The number of amides is 1. The maximum absolute atomic E-state index is 13.6. The molecule has 2 rings (SSSR count). The maximum atomic E-state index is 13.6. The Labute approximate surface area is 156 Å². The van der Waals surface area contributed by atoms with Gasteiger partial charge in [0.1, 0.15) is 5.75 Å². The largest absolute Gasteiger partial charge is 0.496 e. The molecule has 0 radical (unpaired) electrons. The molecule has 0 heterocycles. The molecule has 2 aromatic carbocycles. The van der Waals surface area contributed by atoms with Crippen LogP contribution in [0.2, 0.25) is 0 Å². The van der Waals surface area contributed by atoms with E-state index in [-0.39, 0.29) is 23.6 Å². The van der Waals surface area contributed by atoms with Gasteiger partial charge in [-0.3, -0.25) is 4.79 Å². The number of carboxylic acids is 1. The first-order valence-corrected chi connectivity index (χ1v) is 8.44. The van der Waals surface area contributed by atoms with Gasteiger partial charge in [-0.15, -0.1) is 0 Å². The van der Waals surface area contributed by atoms with E-state index in [1.54, 1.807) is 12.1 Å². The second-order valence-corrected chi connectivity index (χ2v) is 5.90. The van der Waals surface area contributed by atoms with Gasteiger partial charge in [-0.2, -0.15) is 0 Å². The van der Waals surface area contributed by atoms with Crippen LogP contribution in [0, 0.1) is 5.82 Å². The minimum Gasteiger partial charge on any atom is -0.496 e. The molecular formula is C20H22FNO5. The van der Waals surface area contributed by atoms with Crippen LogP contribution in [0.5, 0.6) is 11.5 Å². The molecule has 0 aliphatic carbocycles. The first-order chi connectivity index (χ1) is 12.9. The minimum atomic E-state index is -1.02. The highest BCUT2D eigenvalue weighted by Gasteiger charge is 2.10. The molecule has 2 N–H and O–H groups in total. The Morgan fingerprint density at radius 1 is 1.04 bits per heavy atom. The van der Waals surface area contributed by atoms with Gasteiger partial charge in [0.05, 0.1) is 19.8 Å². The van der Waals surface area contributed by atoms with Crippen molar-refractivity contribution in [1.82, 2.24) is 5.32 Å². The smallest absolute Gasteiger partial charge is 0.335 e. The Morgan fingerprint density at radius 3 is 2.41 bits per heavy atom. The monoisotopic (exact) mass is 375 g/mol. The summed E-state index contributed by atoms with van der Waals surface area (Å²) in [4.78, 5) is 23.0. The molecule has 7 heteroatoms. The van der Waals surface area contributed by atoms with Gasteiger partial charge in [0.2, 0.25) is 5.91 Å². The Kier molecular flexibility index (Phi) is 7.16. The molecule has 0 aromatic heterocycles. The molecule has 0 fully saturated rings. The van der Waals surface area contributed by atoms with Gasteiger partial charge in [-0.1, -0.05) is 12.1 Å². The zero-order valence-corrected chi connectivity index (χ0v) is 15.3. The van der Waals surface area contributed by atoms with Crippen LogP contribution in [0.25, 0.3) is 0 Å². The van der Waals surface area contributed by atoms with Crippen LogP contribution in [0.1, 0.15) is 27.9 Å². The highest BCUT2D eigenvalue weighted by atomic mass is 19.1. The van der Waals surface area contributed by atoms with Crippen LogP contribution in [-0.4, -0.2) is 37.7 Å². The summed E-state index contributed by atoms with van der Waals surface area (Å²) in [5.74, 6) is -0.980. The van der Waals surface area contributed by atoms with Crippen LogP contribution in [0.15, 0.2) is 36.4 Å². The van der Waals surface area contributed by atoms with Crippen LogP contribution >= 0.6 is 0 Å². The first-order valence-electron chi connectivity index (χ1n) is 8.44. The van der Waals surface area contributed by atoms with Gasteiger partial charge < -0.3 is 19.9 Å². The van der Waals surface area contributed by atoms with E-state index in [0.717, 1.165) is 11.1 Å². The molecule has 0 spiro atoms. The molecule has 6 nitrogen and oxygen atoms in total. The number of nitrogens with one attached hydrogen (secondary N) is 1. The number of hydrogen-bond donors (Lipinski definition) is 2. The van der Waals surface area contributed by atoms with Crippen molar-refractivity contribution in [2.45, 2.75) is 19.3 Å². The number of benzene rings is 2. The zero-order chi connectivity index (χ0) is 19.8. The average Bonchev–Trinajstić information content (AvgIpc) is 2.66. The summed E-state index contributed by atoms with van der Waals surface area (Å²) in [6.07, 6.45) is 1.16. The minimum absolute atomic E-state index is 0.145. The molecule has 0 aliphatic rings. The SMILES string of the molecule is COc1ccc(CCC(=O)NCCc2ccc(C(=O)O)cc2OC)cc1F. The first kappa shape index (κ1) is 20.2. The number of aromatic carboxylic acids is 1. The van der Waals surface area contributed by atoms with Gasteiger partial charge in [-0.05, 0) is 48.2 Å².